The minimum atomic E-state index is -4.27. The van der Waals surface area contributed by atoms with E-state index in [-0.39, 0.29) is 5.75 Å². The van der Waals surface area contributed by atoms with Crippen molar-refractivity contribution in [3.63, 3.8) is 0 Å². The summed E-state index contributed by atoms with van der Waals surface area (Å²) < 4.78 is 53.6. The third-order valence-electron chi connectivity index (χ3n) is 6.28. The van der Waals surface area contributed by atoms with Crippen LogP contribution in [0.25, 0.3) is 11.2 Å². The number of rotatable bonds is 12. The minimum absolute atomic E-state index is 0.199. The summed E-state index contributed by atoms with van der Waals surface area (Å²) in [6.07, 6.45) is -3.33. The van der Waals surface area contributed by atoms with Crippen molar-refractivity contribution in [1.82, 2.24) is 24.6 Å². The van der Waals surface area contributed by atoms with E-state index in [1.807, 2.05) is 6.92 Å². The van der Waals surface area contributed by atoms with Crippen molar-refractivity contribution < 1.29 is 37.4 Å². The Kier molecular flexibility index (Phi) is 9.29. The van der Waals surface area contributed by atoms with Crippen molar-refractivity contribution in [3.8, 4) is 5.75 Å². The number of benzene rings is 1. The second-order valence-electron chi connectivity index (χ2n) is 10.1. The van der Waals surface area contributed by atoms with Gasteiger partial charge in [-0.05, 0) is 53.7 Å². The molecule has 13 nitrogen and oxygen atoms in total. The van der Waals surface area contributed by atoms with Crippen molar-refractivity contribution in [1.29, 1.82) is 0 Å². The molecule has 2 aromatic heterocycles. The molecule has 1 aromatic carbocycles. The van der Waals surface area contributed by atoms with Gasteiger partial charge in [0.25, 0.3) is 0 Å². The molecular weight excluding hydrogens is 558 g/mol. The highest BCUT2D eigenvalue weighted by atomic mass is 31.2. The van der Waals surface area contributed by atoms with E-state index in [0.29, 0.717) is 29.4 Å². The van der Waals surface area contributed by atoms with Crippen LogP contribution in [-0.4, -0.2) is 73.8 Å². The molecule has 6 atom stereocenters. The molecule has 3 aromatic rings. The number of aromatic nitrogens is 4. The average Bonchev–Trinajstić information content (AvgIpc) is 3.41. The Morgan fingerprint density at radius 2 is 1.98 bits per heavy atom. The number of aliphatic hydroxyl groups excluding tert-OH is 1. The van der Waals surface area contributed by atoms with Gasteiger partial charge in [0.1, 0.15) is 29.8 Å². The molecule has 3 N–H and O–H groups in total. The Bertz CT molecular complexity index is 1410. The van der Waals surface area contributed by atoms with Crippen molar-refractivity contribution >= 4 is 30.7 Å². The zero-order chi connectivity index (χ0) is 29.9. The van der Waals surface area contributed by atoms with Crippen molar-refractivity contribution in [2.45, 2.75) is 77.8 Å². The fourth-order valence-corrected chi connectivity index (χ4v) is 5.85. The lowest BCUT2D eigenvalue weighted by molar-refractivity contribution is -0.149. The Morgan fingerprint density at radius 1 is 1.27 bits per heavy atom. The summed E-state index contributed by atoms with van der Waals surface area (Å²) >= 11 is 0. The smallest absolute Gasteiger partial charge is 0.459 e. The van der Waals surface area contributed by atoms with Gasteiger partial charge in [-0.2, -0.15) is 5.09 Å². The van der Waals surface area contributed by atoms with Gasteiger partial charge in [-0.1, -0.05) is 18.2 Å². The number of carbonyl (C=O) groups is 1. The molecule has 0 saturated carbocycles. The van der Waals surface area contributed by atoms with E-state index in [4.69, 9.17) is 18.5 Å². The number of nitrogens with zero attached hydrogens (tertiary/aromatic N) is 4. The summed E-state index contributed by atoms with van der Waals surface area (Å²) in [4.78, 5) is 25.5. The zero-order valence-corrected chi connectivity index (χ0v) is 24.7. The van der Waals surface area contributed by atoms with Crippen molar-refractivity contribution in [3.05, 3.63) is 42.5 Å². The van der Waals surface area contributed by atoms with E-state index >= 15 is 4.39 Å². The van der Waals surface area contributed by atoms with Crippen LogP contribution in [0.1, 0.15) is 46.7 Å². The summed E-state index contributed by atoms with van der Waals surface area (Å²) in [5, 5.41) is 16.6. The number of para-hydroxylation sites is 1. The average molecular weight is 595 g/mol. The van der Waals surface area contributed by atoms with Gasteiger partial charge in [-0.25, -0.2) is 23.9 Å². The standard InChI is InChI=1S/C26H36FN6O7P/c1-7-28-22-20-23(31-17(5)30-22)33(14-29-20)25-26(6,27)21(34)19(39-25)13-37-41(36,40-18-11-9-8-10-12-18)32-16(4)24(35)38-15(2)3/h8-12,14-16,19,21,25,34H,7,13H2,1-6H3,(H,32,36)(H,28,30,31)/t16-,19-,21-,25-,26-,41-/m1/s1. The van der Waals surface area contributed by atoms with Crippen LogP contribution in [0.3, 0.4) is 0 Å². The molecule has 0 radical (unpaired) electrons. The number of carbonyl (C=O) groups excluding carboxylic acids is 1. The monoisotopic (exact) mass is 594 g/mol. The van der Waals surface area contributed by atoms with Crippen LogP contribution in [0.2, 0.25) is 0 Å². The molecule has 0 unspecified atom stereocenters. The molecule has 1 saturated heterocycles. The number of halogens is 1. The maximum Gasteiger partial charge on any atom is 0.459 e. The highest BCUT2D eigenvalue weighted by Gasteiger charge is 2.56. The number of esters is 1. The SMILES string of the molecule is CCNc1nc(C)nc2c1ncn2[C@@H]1O[C@H](CO[P@](=O)(N[C@H](C)C(=O)OC(C)C)Oc2ccccc2)[C@@H](O)[C@@]1(C)F. The van der Waals surface area contributed by atoms with E-state index < -0.39 is 56.6 Å². The normalized spacial score (nSPS) is 24.8. The van der Waals surface area contributed by atoms with Crippen molar-refractivity contribution in [2.24, 2.45) is 0 Å². The first-order valence-electron chi connectivity index (χ1n) is 13.3. The van der Waals surface area contributed by atoms with Crippen molar-refractivity contribution in [2.75, 3.05) is 18.5 Å². The Morgan fingerprint density at radius 3 is 2.63 bits per heavy atom. The molecule has 15 heteroatoms. The first kappa shape index (κ1) is 30.8. The van der Waals surface area contributed by atoms with Crippen LogP contribution in [0.5, 0.6) is 5.75 Å². The largest absolute Gasteiger partial charge is 0.462 e. The number of aryl methyl sites for hydroxylation is 1. The van der Waals surface area contributed by atoms with E-state index in [0.717, 1.165) is 0 Å². The molecule has 224 valence electrons. The number of fused-ring (bicyclic) bond motifs is 1. The first-order valence-corrected chi connectivity index (χ1v) is 14.8. The van der Waals surface area contributed by atoms with Crippen LogP contribution < -0.4 is 14.9 Å². The quantitative estimate of drug-likeness (QED) is 0.207. The minimum Gasteiger partial charge on any atom is -0.462 e. The summed E-state index contributed by atoms with van der Waals surface area (Å²) in [6.45, 7) is 9.65. The second-order valence-corrected chi connectivity index (χ2v) is 11.8. The lowest BCUT2D eigenvalue weighted by Crippen LogP contribution is -2.41. The number of hydrogen-bond donors (Lipinski definition) is 3. The predicted octanol–water partition coefficient (Wildman–Crippen LogP) is 3.69. The van der Waals surface area contributed by atoms with E-state index in [1.54, 1.807) is 51.1 Å². The first-order chi connectivity index (χ1) is 19.3. The highest BCUT2D eigenvalue weighted by Crippen LogP contribution is 2.48. The molecule has 3 heterocycles. The van der Waals surface area contributed by atoms with Gasteiger partial charge in [0.2, 0.25) is 0 Å². The molecular formula is C26H36FN6O7P. The van der Waals surface area contributed by atoms with Crippen LogP contribution in [-0.2, 0) is 23.4 Å². The molecule has 1 aliphatic heterocycles. The van der Waals surface area contributed by atoms with Crippen LogP contribution >= 0.6 is 7.75 Å². The Balaban J connectivity index is 1.56. The van der Waals surface area contributed by atoms with E-state index in [1.165, 1.54) is 24.7 Å². The van der Waals surface area contributed by atoms with Gasteiger partial charge in [0.15, 0.2) is 28.9 Å². The van der Waals surface area contributed by atoms with Crippen LogP contribution in [0.15, 0.2) is 36.7 Å². The highest BCUT2D eigenvalue weighted by molar-refractivity contribution is 7.52. The predicted molar refractivity (Wildman–Crippen MR) is 148 cm³/mol. The summed E-state index contributed by atoms with van der Waals surface area (Å²) in [5.41, 5.74) is -1.59. The number of nitrogens with one attached hydrogen (secondary N) is 2. The molecule has 4 rings (SSSR count). The van der Waals surface area contributed by atoms with Gasteiger partial charge in [0.05, 0.1) is 19.0 Å². The molecule has 0 spiro atoms. The molecule has 41 heavy (non-hydrogen) atoms. The second kappa shape index (κ2) is 12.4. The molecule has 0 bridgehead atoms. The summed E-state index contributed by atoms with van der Waals surface area (Å²) in [7, 11) is -4.27. The number of imidazole rings is 1. The maximum absolute atomic E-state index is 16.0. The number of anilines is 1. The fraction of sp³-hybridized carbons (Fsp3) is 0.538. The number of ether oxygens (including phenoxy) is 2. The molecule has 1 fully saturated rings. The Labute approximate surface area is 237 Å². The number of hydrogen-bond acceptors (Lipinski definition) is 11. The third kappa shape index (κ3) is 6.84. The zero-order valence-electron chi connectivity index (χ0n) is 23.8. The van der Waals surface area contributed by atoms with Gasteiger partial charge >= 0.3 is 13.7 Å². The molecule has 0 aliphatic carbocycles. The van der Waals surface area contributed by atoms with Gasteiger partial charge < -0.3 is 24.4 Å². The topological polar surface area (TPSA) is 159 Å². The lowest BCUT2D eigenvalue weighted by atomic mass is 9.98. The van der Waals surface area contributed by atoms with Gasteiger partial charge in [-0.3, -0.25) is 13.9 Å². The Hall–Kier alpha value is -3.16. The third-order valence-corrected chi connectivity index (χ3v) is 7.93. The molecule has 0 amide bonds. The van der Waals surface area contributed by atoms with E-state index in [9.17, 15) is 14.5 Å². The fourth-order valence-electron chi connectivity index (χ4n) is 4.34. The van der Waals surface area contributed by atoms with Crippen LogP contribution in [0, 0.1) is 6.92 Å². The number of aliphatic hydroxyl groups is 1. The maximum atomic E-state index is 16.0. The summed E-state index contributed by atoms with van der Waals surface area (Å²) in [6, 6.07) is 7.11. The van der Waals surface area contributed by atoms with Gasteiger partial charge in [0, 0.05) is 6.54 Å². The van der Waals surface area contributed by atoms with Gasteiger partial charge in [-0.15, -0.1) is 0 Å². The lowest BCUT2D eigenvalue weighted by Gasteiger charge is -2.25. The van der Waals surface area contributed by atoms with E-state index in [2.05, 4.69) is 25.4 Å². The summed E-state index contributed by atoms with van der Waals surface area (Å²) in [5.74, 6) is 0.452. The van der Waals surface area contributed by atoms with Crippen LogP contribution in [0.4, 0.5) is 10.2 Å². The number of alkyl halides is 1. The molecule has 1 aliphatic rings.